The summed E-state index contributed by atoms with van der Waals surface area (Å²) in [5.41, 5.74) is 9.04. The maximum atomic E-state index is 13.1. The Balaban J connectivity index is 1.79. The van der Waals surface area contributed by atoms with Crippen LogP contribution in [0.4, 0.5) is 15.9 Å². The third-order valence-electron chi connectivity index (χ3n) is 4.77. The predicted octanol–water partition coefficient (Wildman–Crippen LogP) is 3.51. The first-order chi connectivity index (χ1) is 14.1. The molecule has 0 unspecified atom stereocenters. The van der Waals surface area contributed by atoms with Crippen LogP contribution in [0, 0.1) is 5.82 Å². The van der Waals surface area contributed by atoms with Crippen LogP contribution in [-0.4, -0.2) is 21.1 Å². The van der Waals surface area contributed by atoms with Crippen molar-refractivity contribution < 1.29 is 4.39 Å². The highest BCUT2D eigenvalue weighted by Gasteiger charge is 2.17. The average Bonchev–Trinajstić information content (AvgIpc) is 2.86. The van der Waals surface area contributed by atoms with Crippen molar-refractivity contribution in [2.24, 2.45) is 0 Å². The number of nitrogens with two attached hydrogens (primary N) is 1. The number of halogens is 1. The van der Waals surface area contributed by atoms with E-state index in [0.717, 1.165) is 5.56 Å². The standard InChI is InChI=1S/C22H20FN5O/c1-2-13-28-20(24)18(25-12-11-14-7-9-15(23)10-8-14)19-21(28)26-17-6-4-3-5-16(17)22(29)27-19/h2-10,25H,1,11-13,24H2. The minimum Gasteiger partial charge on any atom is -0.383 e. The zero-order valence-electron chi connectivity index (χ0n) is 15.7. The second-order valence-corrected chi connectivity index (χ2v) is 6.68. The number of hydrogen-bond acceptors (Lipinski definition) is 5. The Hall–Kier alpha value is -3.74. The molecule has 0 aliphatic heterocycles. The molecule has 146 valence electrons. The first-order valence-corrected chi connectivity index (χ1v) is 9.26. The highest BCUT2D eigenvalue weighted by Crippen LogP contribution is 2.30. The van der Waals surface area contributed by atoms with Crippen molar-refractivity contribution in [1.82, 2.24) is 14.5 Å². The van der Waals surface area contributed by atoms with E-state index in [4.69, 9.17) is 5.73 Å². The van der Waals surface area contributed by atoms with Crippen LogP contribution in [0.15, 0.2) is 66.0 Å². The van der Waals surface area contributed by atoms with Gasteiger partial charge in [-0.25, -0.2) is 14.4 Å². The summed E-state index contributed by atoms with van der Waals surface area (Å²) in [5, 5.41) is 3.73. The van der Waals surface area contributed by atoms with Gasteiger partial charge in [-0.05, 0) is 36.2 Å². The molecule has 0 saturated carbocycles. The molecule has 0 aliphatic rings. The van der Waals surface area contributed by atoms with Crippen LogP contribution < -0.4 is 16.6 Å². The van der Waals surface area contributed by atoms with Crippen LogP contribution in [-0.2, 0) is 13.0 Å². The van der Waals surface area contributed by atoms with Crippen molar-refractivity contribution in [3.8, 4) is 0 Å². The fourth-order valence-corrected chi connectivity index (χ4v) is 3.33. The Morgan fingerprint density at radius 1 is 1.14 bits per heavy atom. The summed E-state index contributed by atoms with van der Waals surface area (Å²) in [6.45, 7) is 4.75. The van der Waals surface area contributed by atoms with Crippen LogP contribution in [0.25, 0.3) is 22.1 Å². The smallest absolute Gasteiger partial charge is 0.279 e. The molecule has 6 nitrogen and oxygen atoms in total. The number of nitrogens with one attached hydrogen (secondary N) is 1. The van der Waals surface area contributed by atoms with Crippen molar-refractivity contribution in [3.05, 3.63) is 82.9 Å². The molecule has 3 N–H and O–H groups in total. The Kier molecular flexibility index (Phi) is 4.95. The molecule has 7 heteroatoms. The van der Waals surface area contributed by atoms with Gasteiger partial charge >= 0.3 is 0 Å². The second-order valence-electron chi connectivity index (χ2n) is 6.68. The lowest BCUT2D eigenvalue weighted by atomic mass is 10.1. The average molecular weight is 389 g/mol. The number of rotatable bonds is 6. The SMILES string of the molecule is C=CCn1c(N)c(NCCc2ccc(F)cc2)c2nc(=O)c3ccccc3nc21. The number of fused-ring (bicyclic) bond motifs is 2. The summed E-state index contributed by atoms with van der Waals surface area (Å²) < 4.78 is 14.9. The summed E-state index contributed by atoms with van der Waals surface area (Å²) in [7, 11) is 0. The molecule has 0 saturated heterocycles. The molecule has 0 atom stereocenters. The molecule has 29 heavy (non-hydrogen) atoms. The number of nitrogen functional groups attached to an aromatic ring is 1. The molecule has 0 bridgehead atoms. The topological polar surface area (TPSA) is 85.8 Å². The Morgan fingerprint density at radius 3 is 2.66 bits per heavy atom. The summed E-state index contributed by atoms with van der Waals surface area (Å²) >= 11 is 0. The van der Waals surface area contributed by atoms with E-state index in [0.29, 0.717) is 53.1 Å². The molecule has 4 aromatic rings. The molecule has 0 spiro atoms. The highest BCUT2D eigenvalue weighted by molar-refractivity contribution is 5.96. The maximum absolute atomic E-state index is 13.1. The van der Waals surface area contributed by atoms with Crippen LogP contribution in [0.1, 0.15) is 5.56 Å². The zero-order valence-corrected chi connectivity index (χ0v) is 15.7. The minimum atomic E-state index is -0.361. The van der Waals surface area contributed by atoms with Gasteiger partial charge in [0.2, 0.25) is 0 Å². The van der Waals surface area contributed by atoms with Gasteiger partial charge in [-0.15, -0.1) is 6.58 Å². The molecule has 2 aromatic carbocycles. The number of anilines is 2. The van der Waals surface area contributed by atoms with Gasteiger partial charge in [0.05, 0.1) is 10.9 Å². The number of allylic oxidation sites excluding steroid dienone is 1. The van der Waals surface area contributed by atoms with Gasteiger partial charge in [0.15, 0.2) is 5.65 Å². The van der Waals surface area contributed by atoms with E-state index < -0.39 is 0 Å². The Bertz CT molecular complexity index is 1260. The van der Waals surface area contributed by atoms with Crippen LogP contribution in [0.3, 0.4) is 0 Å². The van der Waals surface area contributed by atoms with Crippen molar-refractivity contribution >= 4 is 33.6 Å². The third kappa shape index (κ3) is 3.54. The first kappa shape index (κ1) is 18.6. The van der Waals surface area contributed by atoms with Gasteiger partial charge in [0.1, 0.15) is 22.8 Å². The van der Waals surface area contributed by atoms with Crippen molar-refractivity contribution in [2.75, 3.05) is 17.6 Å². The van der Waals surface area contributed by atoms with E-state index in [9.17, 15) is 9.18 Å². The fourth-order valence-electron chi connectivity index (χ4n) is 3.33. The molecule has 2 heterocycles. The van der Waals surface area contributed by atoms with Gasteiger partial charge in [-0.1, -0.05) is 30.3 Å². The van der Waals surface area contributed by atoms with Gasteiger partial charge < -0.3 is 15.6 Å². The van der Waals surface area contributed by atoms with Crippen LogP contribution in [0.5, 0.6) is 0 Å². The van der Waals surface area contributed by atoms with E-state index >= 15 is 0 Å². The largest absolute Gasteiger partial charge is 0.383 e. The first-order valence-electron chi connectivity index (χ1n) is 9.26. The normalized spacial score (nSPS) is 11.1. The molecular formula is C22H20FN5O. The molecule has 0 radical (unpaired) electrons. The molecule has 0 fully saturated rings. The number of nitrogens with zero attached hydrogens (tertiary/aromatic N) is 3. The van der Waals surface area contributed by atoms with Crippen molar-refractivity contribution in [1.29, 1.82) is 0 Å². The summed E-state index contributed by atoms with van der Waals surface area (Å²) in [6, 6.07) is 13.4. The lowest BCUT2D eigenvalue weighted by Crippen LogP contribution is -2.09. The van der Waals surface area contributed by atoms with Crippen LogP contribution in [0.2, 0.25) is 0 Å². The lowest BCUT2D eigenvalue weighted by Gasteiger charge is -2.07. The van der Waals surface area contributed by atoms with E-state index in [1.54, 1.807) is 41.0 Å². The molecule has 4 rings (SSSR count). The van der Waals surface area contributed by atoms with Crippen molar-refractivity contribution in [3.63, 3.8) is 0 Å². The highest BCUT2D eigenvalue weighted by atomic mass is 19.1. The lowest BCUT2D eigenvalue weighted by molar-refractivity contribution is 0.627. The van der Waals surface area contributed by atoms with E-state index in [2.05, 4.69) is 21.9 Å². The molecule has 2 aromatic heterocycles. The molecular weight excluding hydrogens is 369 g/mol. The zero-order chi connectivity index (χ0) is 20.4. The van der Waals surface area contributed by atoms with E-state index in [1.807, 2.05) is 6.07 Å². The number of aromatic nitrogens is 3. The van der Waals surface area contributed by atoms with Crippen LogP contribution >= 0.6 is 0 Å². The monoisotopic (exact) mass is 389 g/mol. The minimum absolute atomic E-state index is 0.267. The van der Waals surface area contributed by atoms with Gasteiger partial charge in [0, 0.05) is 13.1 Å². The number of hydrogen-bond donors (Lipinski definition) is 2. The van der Waals surface area contributed by atoms with E-state index in [1.165, 1.54) is 12.1 Å². The molecule has 0 amide bonds. The van der Waals surface area contributed by atoms with Gasteiger partial charge in [-0.3, -0.25) is 4.79 Å². The summed E-state index contributed by atoms with van der Waals surface area (Å²) in [6.07, 6.45) is 2.37. The fraction of sp³-hybridized carbons (Fsp3) is 0.136. The number of para-hydroxylation sites is 1. The molecule has 0 aliphatic carbocycles. The second kappa shape index (κ2) is 7.71. The van der Waals surface area contributed by atoms with Crippen molar-refractivity contribution in [2.45, 2.75) is 13.0 Å². The summed E-state index contributed by atoms with van der Waals surface area (Å²) in [4.78, 5) is 21.6. The summed E-state index contributed by atoms with van der Waals surface area (Å²) in [5.74, 6) is 0.171. The maximum Gasteiger partial charge on any atom is 0.279 e. The predicted molar refractivity (Wildman–Crippen MR) is 115 cm³/mol. The van der Waals surface area contributed by atoms with Gasteiger partial charge in [0.25, 0.3) is 5.56 Å². The Morgan fingerprint density at radius 2 is 1.90 bits per heavy atom. The number of benzene rings is 2. The quantitative estimate of drug-likeness (QED) is 0.493. The van der Waals surface area contributed by atoms with E-state index in [-0.39, 0.29) is 11.4 Å². The Labute approximate surface area is 166 Å². The third-order valence-corrected chi connectivity index (χ3v) is 4.77. The van der Waals surface area contributed by atoms with Gasteiger partial charge in [-0.2, -0.15) is 0 Å².